The molecule has 1 aromatic heterocycles. The molecule has 0 radical (unpaired) electrons. The van der Waals surface area contributed by atoms with E-state index in [1.54, 1.807) is 19.0 Å². The van der Waals surface area contributed by atoms with Crippen LogP contribution in [-0.4, -0.2) is 48.1 Å². The number of hydrogen-bond donors (Lipinski definition) is 0. The van der Waals surface area contributed by atoms with Crippen molar-refractivity contribution in [3.63, 3.8) is 0 Å². The monoisotopic (exact) mass is 504 g/mol. The first kappa shape index (κ1) is 26.9. The van der Waals surface area contributed by atoms with Crippen molar-refractivity contribution in [1.29, 1.82) is 0 Å². The third-order valence-electron chi connectivity index (χ3n) is 7.42. The maximum atomic E-state index is 13.3. The summed E-state index contributed by atoms with van der Waals surface area (Å²) in [7, 11) is 5.01. The van der Waals surface area contributed by atoms with Crippen LogP contribution in [-0.2, 0) is 25.6 Å². The molecule has 0 saturated heterocycles. The second-order valence-corrected chi connectivity index (χ2v) is 11.5. The van der Waals surface area contributed by atoms with Crippen molar-refractivity contribution in [2.45, 2.75) is 78.6 Å². The number of rotatable bonds is 6. The summed E-state index contributed by atoms with van der Waals surface area (Å²) >= 11 is 0. The lowest BCUT2D eigenvalue weighted by Gasteiger charge is -2.33. The van der Waals surface area contributed by atoms with E-state index >= 15 is 0 Å². The third kappa shape index (κ3) is 5.04. The van der Waals surface area contributed by atoms with Gasteiger partial charge in [0.25, 0.3) is 0 Å². The Kier molecular flexibility index (Phi) is 7.26. The van der Waals surface area contributed by atoms with Crippen LogP contribution in [0.4, 0.5) is 0 Å². The highest BCUT2D eigenvalue weighted by Gasteiger charge is 2.37. The molecule has 4 rings (SSSR count). The number of aryl methyl sites for hydroxylation is 3. The molecule has 1 aliphatic heterocycles. The molecule has 0 bridgehead atoms. The predicted octanol–water partition coefficient (Wildman–Crippen LogP) is 6.23. The van der Waals surface area contributed by atoms with Crippen LogP contribution in [0.25, 0.3) is 22.0 Å². The van der Waals surface area contributed by atoms with Crippen LogP contribution in [0.5, 0.6) is 0 Å². The minimum atomic E-state index is -0.905. The number of carbonyl (C=O) groups excluding carboxylic acids is 2. The summed E-state index contributed by atoms with van der Waals surface area (Å²) in [5.74, 6) is -0.266. The fourth-order valence-corrected chi connectivity index (χ4v) is 5.67. The standard InChI is InChI=1S/C31H40N2O4/c1-18-10-12-21(13-11-18)27-23-16-19(2)33-15-14-22(17-24(34)32(7)8)25(28(23)33)20(3)26(27)29(30(35)36-9)37-31(4,5)6/h10-13,16,22,29H,14-15,17H2,1-9H3/t22?,29-/m0/s1. The van der Waals surface area contributed by atoms with Gasteiger partial charge in [-0.25, -0.2) is 4.79 Å². The number of amides is 1. The van der Waals surface area contributed by atoms with Crippen molar-refractivity contribution in [3.05, 3.63) is 58.3 Å². The predicted molar refractivity (Wildman–Crippen MR) is 148 cm³/mol. The summed E-state index contributed by atoms with van der Waals surface area (Å²) in [6.07, 6.45) is 0.391. The van der Waals surface area contributed by atoms with Crippen molar-refractivity contribution >= 4 is 22.8 Å². The van der Waals surface area contributed by atoms with Gasteiger partial charge in [0.2, 0.25) is 5.91 Å². The topological polar surface area (TPSA) is 60.8 Å². The van der Waals surface area contributed by atoms with Gasteiger partial charge >= 0.3 is 5.97 Å². The first-order valence-electron chi connectivity index (χ1n) is 13.0. The largest absolute Gasteiger partial charge is 0.467 e. The zero-order chi connectivity index (χ0) is 27.2. The highest BCUT2D eigenvalue weighted by Crippen LogP contribution is 2.48. The highest BCUT2D eigenvalue weighted by atomic mass is 16.6. The Balaban J connectivity index is 2.12. The van der Waals surface area contributed by atoms with E-state index in [0.717, 1.165) is 51.7 Å². The minimum Gasteiger partial charge on any atom is -0.467 e. The molecule has 0 aliphatic carbocycles. The van der Waals surface area contributed by atoms with E-state index in [1.807, 2.05) is 20.8 Å². The highest BCUT2D eigenvalue weighted by molar-refractivity contribution is 6.03. The number of nitrogens with zero attached hydrogens (tertiary/aromatic N) is 2. The van der Waals surface area contributed by atoms with Gasteiger partial charge in [-0.2, -0.15) is 0 Å². The molecule has 198 valence electrons. The Morgan fingerprint density at radius 1 is 1.11 bits per heavy atom. The number of ether oxygens (including phenoxy) is 2. The van der Waals surface area contributed by atoms with Gasteiger partial charge in [0.15, 0.2) is 6.10 Å². The molecule has 37 heavy (non-hydrogen) atoms. The van der Waals surface area contributed by atoms with Gasteiger partial charge in [-0.05, 0) is 82.2 Å². The van der Waals surface area contributed by atoms with Crippen LogP contribution < -0.4 is 0 Å². The number of carbonyl (C=O) groups is 2. The van der Waals surface area contributed by atoms with E-state index in [-0.39, 0.29) is 11.8 Å². The van der Waals surface area contributed by atoms with Crippen molar-refractivity contribution < 1.29 is 19.1 Å². The molecule has 0 fully saturated rings. The molecule has 2 aromatic carbocycles. The number of benzene rings is 2. The number of methoxy groups -OCH3 is 1. The molecule has 1 aliphatic rings. The quantitative estimate of drug-likeness (QED) is 0.374. The van der Waals surface area contributed by atoms with Crippen molar-refractivity contribution in [2.24, 2.45) is 0 Å². The van der Waals surface area contributed by atoms with Gasteiger partial charge in [0, 0.05) is 43.7 Å². The first-order chi connectivity index (χ1) is 17.3. The molecule has 6 nitrogen and oxygen atoms in total. The lowest BCUT2D eigenvalue weighted by atomic mass is 9.79. The van der Waals surface area contributed by atoms with Gasteiger partial charge in [0.1, 0.15) is 0 Å². The van der Waals surface area contributed by atoms with E-state index < -0.39 is 17.7 Å². The number of hydrogen-bond acceptors (Lipinski definition) is 4. The summed E-state index contributed by atoms with van der Waals surface area (Å²) in [6.45, 7) is 13.0. The van der Waals surface area contributed by atoms with Crippen LogP contribution in [0.3, 0.4) is 0 Å². The summed E-state index contributed by atoms with van der Waals surface area (Å²) in [4.78, 5) is 27.9. The van der Waals surface area contributed by atoms with E-state index in [2.05, 4.69) is 55.7 Å². The van der Waals surface area contributed by atoms with Crippen molar-refractivity contribution in [3.8, 4) is 11.1 Å². The minimum absolute atomic E-state index is 0.0537. The summed E-state index contributed by atoms with van der Waals surface area (Å²) in [6, 6.07) is 10.6. The van der Waals surface area contributed by atoms with Crippen molar-refractivity contribution in [2.75, 3.05) is 21.2 Å². The van der Waals surface area contributed by atoms with Crippen LogP contribution in [0.1, 0.15) is 73.6 Å². The van der Waals surface area contributed by atoms with Crippen molar-refractivity contribution in [1.82, 2.24) is 9.47 Å². The summed E-state index contributed by atoms with van der Waals surface area (Å²) in [5.41, 5.74) is 7.92. The van der Waals surface area contributed by atoms with Gasteiger partial charge in [0.05, 0.1) is 18.2 Å². The number of esters is 1. The fourth-order valence-electron chi connectivity index (χ4n) is 5.67. The van der Waals surface area contributed by atoms with E-state index in [9.17, 15) is 9.59 Å². The fraction of sp³-hybridized carbons (Fsp3) is 0.484. The van der Waals surface area contributed by atoms with Gasteiger partial charge < -0.3 is 18.9 Å². The molecule has 0 spiro atoms. The van der Waals surface area contributed by atoms with Crippen LogP contribution >= 0.6 is 0 Å². The third-order valence-corrected chi connectivity index (χ3v) is 7.42. The Morgan fingerprint density at radius 3 is 2.32 bits per heavy atom. The maximum absolute atomic E-state index is 13.3. The molecule has 3 aromatic rings. The molecule has 6 heteroatoms. The lowest BCUT2D eigenvalue weighted by molar-refractivity contribution is -0.164. The second-order valence-electron chi connectivity index (χ2n) is 11.5. The molecular weight excluding hydrogens is 464 g/mol. The van der Waals surface area contributed by atoms with Crippen LogP contribution in [0, 0.1) is 20.8 Å². The SMILES string of the molecule is COC(=O)[C@@H](OC(C)(C)C)c1c(C)c2c3c(cc(C)n3CCC2CC(=O)N(C)C)c1-c1ccc(C)cc1. The van der Waals surface area contributed by atoms with Crippen LogP contribution in [0.2, 0.25) is 0 Å². The Bertz CT molecular complexity index is 1340. The van der Waals surface area contributed by atoms with E-state index in [4.69, 9.17) is 9.47 Å². The van der Waals surface area contributed by atoms with E-state index in [1.165, 1.54) is 18.4 Å². The summed E-state index contributed by atoms with van der Waals surface area (Å²) < 4.78 is 14.1. The van der Waals surface area contributed by atoms with E-state index in [0.29, 0.717) is 6.42 Å². The number of aromatic nitrogens is 1. The average Bonchev–Trinajstić information content (AvgIpc) is 3.16. The lowest BCUT2D eigenvalue weighted by Crippen LogP contribution is -2.30. The Hall–Kier alpha value is -3.12. The smallest absolute Gasteiger partial charge is 0.339 e. The molecular formula is C31H40N2O4. The normalized spacial score (nSPS) is 16.1. The van der Waals surface area contributed by atoms with Crippen LogP contribution in [0.15, 0.2) is 30.3 Å². The zero-order valence-electron chi connectivity index (χ0n) is 23.7. The molecule has 1 amide bonds. The molecule has 0 saturated carbocycles. The summed E-state index contributed by atoms with van der Waals surface area (Å²) in [5, 5.41) is 1.09. The van der Waals surface area contributed by atoms with Gasteiger partial charge in [-0.3, -0.25) is 4.79 Å². The Labute approximate surface area is 220 Å². The zero-order valence-corrected chi connectivity index (χ0v) is 23.7. The molecule has 1 unspecified atom stereocenters. The maximum Gasteiger partial charge on any atom is 0.339 e. The second kappa shape index (κ2) is 9.97. The van der Waals surface area contributed by atoms with Gasteiger partial charge in [-0.15, -0.1) is 0 Å². The molecule has 2 heterocycles. The Morgan fingerprint density at radius 2 is 1.76 bits per heavy atom. The van der Waals surface area contributed by atoms with Gasteiger partial charge in [-0.1, -0.05) is 29.8 Å². The first-order valence-corrected chi connectivity index (χ1v) is 13.0. The average molecular weight is 505 g/mol. The molecule has 0 N–H and O–H groups in total. The molecule has 2 atom stereocenters.